The lowest BCUT2D eigenvalue weighted by atomic mass is 10.2. The Hall–Kier alpha value is -3.27. The van der Waals surface area contributed by atoms with E-state index in [-0.39, 0.29) is 17.4 Å². The fourth-order valence-corrected chi connectivity index (χ4v) is 5.03. The highest BCUT2D eigenvalue weighted by molar-refractivity contribution is 7.92. The van der Waals surface area contributed by atoms with Crippen molar-refractivity contribution in [2.24, 2.45) is 0 Å². The van der Waals surface area contributed by atoms with Crippen LogP contribution in [-0.2, 0) is 19.6 Å². The van der Waals surface area contributed by atoms with E-state index in [4.69, 9.17) is 9.47 Å². The van der Waals surface area contributed by atoms with Gasteiger partial charge in [-0.05, 0) is 43.7 Å². The molecule has 0 atom stereocenters. The maximum absolute atomic E-state index is 13.6. The van der Waals surface area contributed by atoms with Gasteiger partial charge in [0.05, 0.1) is 24.3 Å². The third-order valence-electron chi connectivity index (χ3n) is 5.37. The molecule has 1 aliphatic heterocycles. The number of methoxy groups -OCH3 is 1. The topological polar surface area (TPSA) is 96.5 Å². The molecule has 10 heteroatoms. The molecule has 0 aromatic heterocycles. The second kappa shape index (κ2) is 10.6. The molecule has 1 saturated heterocycles. The molecule has 2 aromatic rings. The summed E-state index contributed by atoms with van der Waals surface area (Å²) in [4.78, 5) is 28.3. The van der Waals surface area contributed by atoms with E-state index in [1.807, 2.05) is 13.0 Å². The lowest BCUT2D eigenvalue weighted by Crippen LogP contribution is -2.53. The largest absolute Gasteiger partial charge is 0.495 e. The number of amides is 2. The van der Waals surface area contributed by atoms with Crippen LogP contribution in [0.15, 0.2) is 53.4 Å². The first kappa shape index (κ1) is 24.4. The molecule has 9 nitrogen and oxygen atoms in total. The number of carbonyl (C=O) groups excluding carboxylic acids is 2. The third kappa shape index (κ3) is 5.57. The third-order valence-corrected chi connectivity index (χ3v) is 7.15. The van der Waals surface area contributed by atoms with Gasteiger partial charge >= 0.3 is 6.09 Å². The van der Waals surface area contributed by atoms with Crippen LogP contribution in [0, 0.1) is 6.92 Å². The number of sulfonamides is 1. The first-order valence-corrected chi connectivity index (χ1v) is 12.1. The minimum Gasteiger partial charge on any atom is -0.495 e. The molecule has 0 bridgehead atoms. The molecule has 0 radical (unpaired) electrons. The Balaban J connectivity index is 1.88. The number of ether oxygens (including phenoxy) is 2. The number of rotatable bonds is 7. The van der Waals surface area contributed by atoms with Gasteiger partial charge in [0.2, 0.25) is 5.91 Å². The smallest absolute Gasteiger partial charge is 0.409 e. The van der Waals surface area contributed by atoms with Gasteiger partial charge in [-0.1, -0.05) is 24.3 Å². The van der Waals surface area contributed by atoms with E-state index >= 15 is 0 Å². The Morgan fingerprint density at radius 2 is 1.64 bits per heavy atom. The zero-order chi connectivity index (χ0) is 24.0. The Morgan fingerprint density at radius 3 is 2.24 bits per heavy atom. The van der Waals surface area contributed by atoms with Crippen molar-refractivity contribution >= 4 is 27.7 Å². The summed E-state index contributed by atoms with van der Waals surface area (Å²) >= 11 is 0. The number of aryl methyl sites for hydroxylation is 1. The molecule has 0 aliphatic carbocycles. The first-order valence-electron chi connectivity index (χ1n) is 10.7. The predicted molar refractivity (Wildman–Crippen MR) is 124 cm³/mol. The van der Waals surface area contributed by atoms with Gasteiger partial charge in [0.1, 0.15) is 12.3 Å². The summed E-state index contributed by atoms with van der Waals surface area (Å²) in [5.74, 6) is -0.0124. The van der Waals surface area contributed by atoms with E-state index in [1.54, 1.807) is 42.2 Å². The molecule has 178 valence electrons. The van der Waals surface area contributed by atoms with Gasteiger partial charge in [0.25, 0.3) is 10.0 Å². The monoisotopic (exact) mass is 475 g/mol. The zero-order valence-electron chi connectivity index (χ0n) is 19.1. The minimum atomic E-state index is -4.05. The number of benzene rings is 2. The van der Waals surface area contributed by atoms with Gasteiger partial charge in [0.15, 0.2) is 0 Å². The average molecular weight is 476 g/mol. The summed E-state index contributed by atoms with van der Waals surface area (Å²) in [5.41, 5.74) is 1.12. The highest BCUT2D eigenvalue weighted by Crippen LogP contribution is 2.33. The molecule has 33 heavy (non-hydrogen) atoms. The molecule has 2 amide bonds. The van der Waals surface area contributed by atoms with Crippen LogP contribution in [0.5, 0.6) is 5.75 Å². The predicted octanol–water partition coefficient (Wildman–Crippen LogP) is 2.50. The molecule has 0 unspecified atom stereocenters. The lowest BCUT2D eigenvalue weighted by Gasteiger charge is -2.35. The summed E-state index contributed by atoms with van der Waals surface area (Å²) < 4.78 is 38.7. The molecule has 0 spiro atoms. The highest BCUT2D eigenvalue weighted by Gasteiger charge is 2.32. The van der Waals surface area contributed by atoms with Crippen LogP contribution < -0.4 is 9.04 Å². The highest BCUT2D eigenvalue weighted by atomic mass is 32.2. The maximum atomic E-state index is 13.6. The van der Waals surface area contributed by atoms with Crippen molar-refractivity contribution in [2.75, 3.05) is 50.7 Å². The summed E-state index contributed by atoms with van der Waals surface area (Å²) in [6.45, 7) is 4.70. The molecular formula is C23H29N3O6S. The normalized spacial score (nSPS) is 14.0. The standard InChI is InChI=1S/C23H29N3O6S/c1-4-32-23(28)25-14-12-24(13-15-25)22(27)17-26(20-16-18(2)10-11-21(20)31-3)33(29,30)19-8-6-5-7-9-19/h5-11,16H,4,12-15,17H2,1-3H3. The average Bonchev–Trinajstić information content (AvgIpc) is 2.83. The number of carbonyl (C=O) groups is 2. The van der Waals surface area contributed by atoms with E-state index in [1.165, 1.54) is 24.1 Å². The molecular weight excluding hydrogens is 446 g/mol. The molecule has 2 aromatic carbocycles. The van der Waals surface area contributed by atoms with Gasteiger partial charge in [0, 0.05) is 26.2 Å². The zero-order valence-corrected chi connectivity index (χ0v) is 19.9. The van der Waals surface area contributed by atoms with Gasteiger partial charge in [-0.25, -0.2) is 13.2 Å². The fourth-order valence-electron chi connectivity index (χ4n) is 3.59. The summed E-state index contributed by atoms with van der Waals surface area (Å²) in [5, 5.41) is 0. The second-order valence-electron chi connectivity index (χ2n) is 7.57. The van der Waals surface area contributed by atoms with Crippen molar-refractivity contribution in [3.63, 3.8) is 0 Å². The van der Waals surface area contributed by atoms with Gasteiger partial charge in [-0.3, -0.25) is 9.10 Å². The van der Waals surface area contributed by atoms with E-state index < -0.39 is 22.7 Å². The summed E-state index contributed by atoms with van der Waals surface area (Å²) in [7, 11) is -2.59. The Labute approximate surface area is 194 Å². The Kier molecular flexibility index (Phi) is 7.80. The van der Waals surface area contributed by atoms with E-state index in [9.17, 15) is 18.0 Å². The summed E-state index contributed by atoms with van der Waals surface area (Å²) in [6, 6.07) is 13.2. The SMILES string of the molecule is CCOC(=O)N1CCN(C(=O)CN(c2cc(C)ccc2OC)S(=O)(=O)c2ccccc2)CC1. The Bertz CT molecular complexity index is 1080. The number of hydrogen-bond acceptors (Lipinski definition) is 6. The lowest BCUT2D eigenvalue weighted by molar-refractivity contribution is -0.131. The van der Waals surface area contributed by atoms with Crippen molar-refractivity contribution in [1.82, 2.24) is 9.80 Å². The molecule has 1 fully saturated rings. The number of nitrogens with zero attached hydrogens (tertiary/aromatic N) is 3. The molecule has 0 N–H and O–H groups in total. The van der Waals surface area contributed by atoms with Gasteiger partial charge in [-0.2, -0.15) is 0 Å². The van der Waals surface area contributed by atoms with E-state index in [0.717, 1.165) is 9.87 Å². The summed E-state index contributed by atoms with van der Waals surface area (Å²) in [6.07, 6.45) is -0.414. The van der Waals surface area contributed by atoms with Crippen LogP contribution in [0.2, 0.25) is 0 Å². The van der Waals surface area contributed by atoms with Crippen molar-refractivity contribution < 1.29 is 27.5 Å². The first-order chi connectivity index (χ1) is 15.8. The van der Waals surface area contributed by atoms with Gasteiger partial charge < -0.3 is 19.3 Å². The van der Waals surface area contributed by atoms with Crippen molar-refractivity contribution in [3.8, 4) is 5.75 Å². The van der Waals surface area contributed by atoms with E-state index in [0.29, 0.717) is 37.6 Å². The van der Waals surface area contributed by atoms with Crippen LogP contribution >= 0.6 is 0 Å². The fraction of sp³-hybridized carbons (Fsp3) is 0.391. The van der Waals surface area contributed by atoms with Crippen molar-refractivity contribution in [3.05, 3.63) is 54.1 Å². The number of piperazine rings is 1. The van der Waals surface area contributed by atoms with Crippen LogP contribution in [0.1, 0.15) is 12.5 Å². The van der Waals surface area contributed by atoms with Gasteiger partial charge in [-0.15, -0.1) is 0 Å². The number of hydrogen-bond donors (Lipinski definition) is 0. The van der Waals surface area contributed by atoms with Crippen molar-refractivity contribution in [1.29, 1.82) is 0 Å². The van der Waals surface area contributed by atoms with Crippen LogP contribution in [0.4, 0.5) is 10.5 Å². The van der Waals surface area contributed by atoms with Crippen LogP contribution in [0.25, 0.3) is 0 Å². The second-order valence-corrected chi connectivity index (χ2v) is 9.43. The maximum Gasteiger partial charge on any atom is 0.409 e. The van der Waals surface area contributed by atoms with E-state index in [2.05, 4.69) is 0 Å². The minimum absolute atomic E-state index is 0.0773. The molecule has 1 aliphatic rings. The van der Waals surface area contributed by atoms with Crippen LogP contribution in [-0.4, -0.2) is 76.7 Å². The van der Waals surface area contributed by atoms with Crippen molar-refractivity contribution in [2.45, 2.75) is 18.7 Å². The quantitative estimate of drug-likeness (QED) is 0.611. The number of anilines is 1. The Morgan fingerprint density at radius 1 is 1.00 bits per heavy atom. The molecule has 1 heterocycles. The molecule has 0 saturated carbocycles. The molecule has 3 rings (SSSR count). The van der Waals surface area contributed by atoms with Crippen LogP contribution in [0.3, 0.4) is 0 Å².